The third-order valence-electron chi connectivity index (χ3n) is 5.43. The Kier molecular flexibility index (Phi) is 4.91. The number of imidazole rings is 1. The van der Waals surface area contributed by atoms with Crippen LogP contribution in [0.25, 0.3) is 33.4 Å². The number of aliphatic hydroxyl groups excluding tert-OH is 1. The molecule has 1 unspecified atom stereocenters. The molecule has 0 saturated heterocycles. The lowest BCUT2D eigenvalue weighted by atomic mass is 10.0. The lowest BCUT2D eigenvalue weighted by Crippen LogP contribution is -2.22. The lowest BCUT2D eigenvalue weighted by Gasteiger charge is -2.16. The van der Waals surface area contributed by atoms with Gasteiger partial charge in [0.15, 0.2) is 0 Å². The molecule has 148 valence electrons. The van der Waals surface area contributed by atoms with Gasteiger partial charge in [-0.2, -0.15) is 0 Å². The number of nitrogens with zero attached hydrogens (tertiary/aromatic N) is 3. The van der Waals surface area contributed by atoms with Gasteiger partial charge in [0.2, 0.25) is 0 Å². The van der Waals surface area contributed by atoms with Gasteiger partial charge < -0.3 is 14.2 Å². The SMILES string of the molecule is OC(Cn1cnc(-c2ccccc2)c1-c1ccccc1)Cn1ccc2ccccc21. The monoisotopic (exact) mass is 393 g/mol. The van der Waals surface area contributed by atoms with Crippen LogP contribution in [-0.2, 0) is 13.1 Å². The summed E-state index contributed by atoms with van der Waals surface area (Å²) < 4.78 is 4.17. The van der Waals surface area contributed by atoms with E-state index in [1.54, 1.807) is 0 Å². The van der Waals surface area contributed by atoms with Crippen LogP contribution in [0.4, 0.5) is 0 Å². The standard InChI is InChI=1S/C26H23N3O/c30-23(17-28-16-15-20-9-7-8-14-24(20)28)18-29-19-27-25(21-10-3-1-4-11-21)26(29)22-12-5-2-6-13-22/h1-16,19,23,30H,17-18H2. The number of benzene rings is 3. The minimum Gasteiger partial charge on any atom is -0.389 e. The van der Waals surface area contributed by atoms with Crippen LogP contribution in [0.5, 0.6) is 0 Å². The Morgan fingerprint density at radius 2 is 1.33 bits per heavy atom. The summed E-state index contributed by atoms with van der Waals surface area (Å²) in [4.78, 5) is 4.71. The molecule has 0 aliphatic carbocycles. The average molecular weight is 393 g/mol. The van der Waals surface area contributed by atoms with Crippen molar-refractivity contribution in [3.63, 3.8) is 0 Å². The Morgan fingerprint density at radius 3 is 2.10 bits per heavy atom. The molecule has 0 aliphatic heterocycles. The second kappa shape index (κ2) is 8.01. The molecule has 0 radical (unpaired) electrons. The molecule has 3 aromatic carbocycles. The van der Waals surface area contributed by atoms with Gasteiger partial charge >= 0.3 is 0 Å². The van der Waals surface area contributed by atoms with Crippen LogP contribution in [0.1, 0.15) is 0 Å². The first-order valence-electron chi connectivity index (χ1n) is 10.2. The van der Waals surface area contributed by atoms with Crippen molar-refractivity contribution >= 4 is 10.9 Å². The lowest BCUT2D eigenvalue weighted by molar-refractivity contribution is 0.136. The van der Waals surface area contributed by atoms with Gasteiger partial charge in [0.25, 0.3) is 0 Å². The van der Waals surface area contributed by atoms with Crippen LogP contribution in [0.15, 0.2) is 104 Å². The number of para-hydroxylation sites is 1. The van der Waals surface area contributed by atoms with Gasteiger partial charge in [-0.15, -0.1) is 0 Å². The Morgan fingerprint density at radius 1 is 0.700 bits per heavy atom. The summed E-state index contributed by atoms with van der Waals surface area (Å²) in [5.41, 5.74) is 5.25. The van der Waals surface area contributed by atoms with Crippen molar-refractivity contribution in [2.45, 2.75) is 19.2 Å². The van der Waals surface area contributed by atoms with Crippen molar-refractivity contribution in [3.05, 3.63) is 104 Å². The topological polar surface area (TPSA) is 43.0 Å². The molecule has 0 saturated carbocycles. The number of aromatic nitrogens is 3. The molecule has 0 spiro atoms. The van der Waals surface area contributed by atoms with E-state index >= 15 is 0 Å². The first kappa shape index (κ1) is 18.4. The van der Waals surface area contributed by atoms with Crippen molar-refractivity contribution < 1.29 is 5.11 Å². The molecule has 30 heavy (non-hydrogen) atoms. The summed E-state index contributed by atoms with van der Waals surface area (Å²) in [5.74, 6) is 0. The number of hydrogen-bond donors (Lipinski definition) is 1. The molecule has 0 bridgehead atoms. The van der Waals surface area contributed by atoms with Gasteiger partial charge in [-0.3, -0.25) is 0 Å². The number of hydrogen-bond acceptors (Lipinski definition) is 2. The highest BCUT2D eigenvalue weighted by molar-refractivity contribution is 5.80. The highest BCUT2D eigenvalue weighted by Crippen LogP contribution is 2.31. The zero-order valence-corrected chi connectivity index (χ0v) is 16.6. The first-order valence-corrected chi connectivity index (χ1v) is 10.2. The second-order valence-electron chi connectivity index (χ2n) is 7.51. The summed E-state index contributed by atoms with van der Waals surface area (Å²) in [5, 5.41) is 12.1. The molecule has 1 N–H and O–H groups in total. The Hall–Kier alpha value is -3.63. The maximum Gasteiger partial charge on any atom is 0.0963 e. The molecule has 0 fully saturated rings. The molecule has 4 nitrogen and oxygen atoms in total. The van der Waals surface area contributed by atoms with E-state index in [9.17, 15) is 5.11 Å². The molecule has 0 aliphatic rings. The number of rotatable bonds is 6. The van der Waals surface area contributed by atoms with E-state index in [1.807, 2.05) is 61.1 Å². The van der Waals surface area contributed by atoms with Crippen LogP contribution >= 0.6 is 0 Å². The molecule has 2 aromatic heterocycles. The molecule has 5 rings (SSSR count). The van der Waals surface area contributed by atoms with Crippen molar-refractivity contribution in [2.75, 3.05) is 0 Å². The zero-order valence-electron chi connectivity index (χ0n) is 16.6. The van der Waals surface area contributed by atoms with E-state index < -0.39 is 6.10 Å². The average Bonchev–Trinajstić information content (AvgIpc) is 3.39. The quantitative estimate of drug-likeness (QED) is 0.429. The van der Waals surface area contributed by atoms with Crippen LogP contribution < -0.4 is 0 Å². The smallest absolute Gasteiger partial charge is 0.0963 e. The van der Waals surface area contributed by atoms with E-state index in [-0.39, 0.29) is 0 Å². The predicted octanol–water partition coefficient (Wildman–Crippen LogP) is 5.23. The van der Waals surface area contributed by atoms with Crippen LogP contribution in [0.3, 0.4) is 0 Å². The van der Waals surface area contributed by atoms with Crippen LogP contribution in [-0.4, -0.2) is 25.3 Å². The molecular weight excluding hydrogens is 370 g/mol. The van der Waals surface area contributed by atoms with Crippen molar-refractivity contribution in [2.24, 2.45) is 0 Å². The third kappa shape index (κ3) is 3.53. The minimum atomic E-state index is -0.541. The predicted molar refractivity (Wildman–Crippen MR) is 121 cm³/mol. The van der Waals surface area contributed by atoms with Gasteiger partial charge in [-0.1, -0.05) is 78.9 Å². The highest BCUT2D eigenvalue weighted by Gasteiger charge is 2.17. The number of fused-ring (bicyclic) bond motifs is 1. The summed E-state index contributed by atoms with van der Waals surface area (Å²) >= 11 is 0. The maximum absolute atomic E-state index is 10.9. The maximum atomic E-state index is 10.9. The second-order valence-corrected chi connectivity index (χ2v) is 7.51. The van der Waals surface area contributed by atoms with Gasteiger partial charge in [0.05, 0.1) is 36.9 Å². The zero-order chi connectivity index (χ0) is 20.3. The van der Waals surface area contributed by atoms with Crippen molar-refractivity contribution in [1.82, 2.24) is 14.1 Å². The van der Waals surface area contributed by atoms with E-state index in [2.05, 4.69) is 51.6 Å². The fourth-order valence-corrected chi connectivity index (χ4v) is 4.04. The van der Waals surface area contributed by atoms with E-state index in [0.29, 0.717) is 13.1 Å². The fraction of sp³-hybridized carbons (Fsp3) is 0.115. The van der Waals surface area contributed by atoms with Crippen LogP contribution in [0, 0.1) is 0 Å². The highest BCUT2D eigenvalue weighted by atomic mass is 16.3. The van der Waals surface area contributed by atoms with Gasteiger partial charge in [0, 0.05) is 22.8 Å². The van der Waals surface area contributed by atoms with Crippen molar-refractivity contribution in [3.8, 4) is 22.5 Å². The van der Waals surface area contributed by atoms with E-state index in [4.69, 9.17) is 4.98 Å². The van der Waals surface area contributed by atoms with Gasteiger partial charge in [-0.05, 0) is 17.5 Å². The normalized spacial score (nSPS) is 12.3. The molecular formula is C26H23N3O. The molecule has 2 heterocycles. The van der Waals surface area contributed by atoms with Gasteiger partial charge in [0.1, 0.15) is 0 Å². The minimum absolute atomic E-state index is 0.469. The van der Waals surface area contributed by atoms with Crippen molar-refractivity contribution in [1.29, 1.82) is 0 Å². The summed E-state index contributed by atoms with van der Waals surface area (Å²) in [7, 11) is 0. The van der Waals surface area contributed by atoms with Crippen LogP contribution in [0.2, 0.25) is 0 Å². The Balaban J connectivity index is 1.47. The summed E-state index contributed by atoms with van der Waals surface area (Å²) in [6.45, 7) is 0.997. The van der Waals surface area contributed by atoms with E-state index in [1.165, 1.54) is 5.39 Å². The number of aliphatic hydroxyl groups is 1. The third-order valence-corrected chi connectivity index (χ3v) is 5.43. The largest absolute Gasteiger partial charge is 0.389 e. The fourth-order valence-electron chi connectivity index (χ4n) is 4.04. The molecule has 4 heteroatoms. The van der Waals surface area contributed by atoms with E-state index in [0.717, 1.165) is 28.0 Å². The van der Waals surface area contributed by atoms with Gasteiger partial charge in [-0.25, -0.2) is 4.98 Å². The summed E-state index contributed by atoms with van der Waals surface area (Å²) in [6.07, 6.45) is 3.33. The molecule has 0 amide bonds. The Bertz CT molecular complexity index is 1260. The Labute approximate surface area is 175 Å². The molecule has 5 aromatic rings. The first-order chi connectivity index (χ1) is 14.8. The summed E-state index contributed by atoms with van der Waals surface area (Å²) in [6, 6.07) is 30.8. The molecule has 1 atom stereocenters.